The zero-order valence-corrected chi connectivity index (χ0v) is 11.4. The van der Waals surface area contributed by atoms with Gasteiger partial charge in [-0.3, -0.25) is 0 Å². The van der Waals surface area contributed by atoms with Crippen LogP contribution < -0.4 is 5.32 Å². The van der Waals surface area contributed by atoms with E-state index < -0.39 is 0 Å². The fraction of sp³-hybridized carbons (Fsp3) is 0.733. The maximum Gasteiger partial charge on any atom is 0.132 e. The summed E-state index contributed by atoms with van der Waals surface area (Å²) in [5, 5.41) is 3.42. The van der Waals surface area contributed by atoms with E-state index >= 15 is 0 Å². The average molecular weight is 245 g/mol. The molecule has 0 radical (unpaired) electrons. The SMILES string of the molecule is CC(C)c1cc(C2CC2)nc(C2CCNCC2)n1. The molecule has 1 aromatic rings. The lowest BCUT2D eigenvalue weighted by Crippen LogP contribution is -2.27. The first-order valence-corrected chi connectivity index (χ1v) is 7.33. The van der Waals surface area contributed by atoms with E-state index in [1.807, 2.05) is 0 Å². The van der Waals surface area contributed by atoms with Crippen molar-refractivity contribution < 1.29 is 0 Å². The van der Waals surface area contributed by atoms with E-state index in [0.29, 0.717) is 11.8 Å². The van der Waals surface area contributed by atoms with E-state index in [1.54, 1.807) is 0 Å². The Labute approximate surface area is 109 Å². The number of hydrogen-bond donors (Lipinski definition) is 1. The Morgan fingerprint density at radius 2 is 1.78 bits per heavy atom. The molecule has 1 N–H and O–H groups in total. The van der Waals surface area contributed by atoms with Gasteiger partial charge in [0, 0.05) is 23.2 Å². The van der Waals surface area contributed by atoms with Gasteiger partial charge in [0.05, 0.1) is 0 Å². The van der Waals surface area contributed by atoms with Crippen LogP contribution in [0.25, 0.3) is 0 Å². The van der Waals surface area contributed by atoms with Gasteiger partial charge in [-0.25, -0.2) is 9.97 Å². The van der Waals surface area contributed by atoms with E-state index in [0.717, 1.165) is 24.8 Å². The minimum atomic E-state index is 0.506. The van der Waals surface area contributed by atoms with Crippen molar-refractivity contribution in [2.75, 3.05) is 13.1 Å². The van der Waals surface area contributed by atoms with Crippen LogP contribution in [-0.2, 0) is 0 Å². The second kappa shape index (κ2) is 4.96. The molecule has 2 aliphatic rings. The maximum atomic E-state index is 4.86. The fourth-order valence-electron chi connectivity index (χ4n) is 2.65. The highest BCUT2D eigenvalue weighted by atomic mass is 14.9. The van der Waals surface area contributed by atoms with Crippen molar-refractivity contribution in [3.63, 3.8) is 0 Å². The van der Waals surface area contributed by atoms with Crippen LogP contribution in [0.2, 0.25) is 0 Å². The van der Waals surface area contributed by atoms with Crippen LogP contribution >= 0.6 is 0 Å². The fourth-order valence-corrected chi connectivity index (χ4v) is 2.65. The monoisotopic (exact) mass is 245 g/mol. The number of nitrogens with one attached hydrogen (secondary N) is 1. The Kier molecular flexibility index (Phi) is 3.33. The van der Waals surface area contributed by atoms with Crippen LogP contribution in [0.4, 0.5) is 0 Å². The normalized spacial score (nSPS) is 21.5. The van der Waals surface area contributed by atoms with Gasteiger partial charge in [-0.05, 0) is 50.8 Å². The van der Waals surface area contributed by atoms with E-state index in [9.17, 15) is 0 Å². The number of piperidine rings is 1. The van der Waals surface area contributed by atoms with Crippen molar-refractivity contribution in [1.29, 1.82) is 0 Å². The maximum absolute atomic E-state index is 4.86. The molecule has 0 bridgehead atoms. The highest BCUT2D eigenvalue weighted by molar-refractivity contribution is 5.22. The van der Waals surface area contributed by atoms with E-state index in [1.165, 1.54) is 37.1 Å². The third-order valence-electron chi connectivity index (χ3n) is 4.07. The highest BCUT2D eigenvalue weighted by Crippen LogP contribution is 2.40. The quantitative estimate of drug-likeness (QED) is 0.889. The lowest BCUT2D eigenvalue weighted by molar-refractivity contribution is 0.442. The summed E-state index contributed by atoms with van der Waals surface area (Å²) in [5.74, 6) is 2.92. The van der Waals surface area contributed by atoms with Crippen molar-refractivity contribution >= 4 is 0 Å². The van der Waals surface area contributed by atoms with Gasteiger partial charge in [0.25, 0.3) is 0 Å². The standard InChI is InChI=1S/C15H23N3/c1-10(2)13-9-14(11-3-4-11)18-15(17-13)12-5-7-16-8-6-12/h9-12,16H,3-8H2,1-2H3. The first kappa shape index (κ1) is 12.1. The molecule has 1 saturated heterocycles. The van der Waals surface area contributed by atoms with E-state index in [2.05, 4.69) is 25.2 Å². The average Bonchev–Trinajstić information content (AvgIpc) is 3.23. The highest BCUT2D eigenvalue weighted by Gasteiger charge is 2.28. The molecule has 1 aliphatic heterocycles. The smallest absolute Gasteiger partial charge is 0.132 e. The van der Waals surface area contributed by atoms with Gasteiger partial charge in [-0.2, -0.15) is 0 Å². The molecule has 0 unspecified atom stereocenters. The number of aromatic nitrogens is 2. The molecule has 0 aromatic carbocycles. The summed E-state index contributed by atoms with van der Waals surface area (Å²) in [6.45, 7) is 6.67. The molecule has 3 heteroatoms. The molecule has 98 valence electrons. The molecule has 2 fully saturated rings. The third-order valence-corrected chi connectivity index (χ3v) is 4.07. The molecule has 3 nitrogen and oxygen atoms in total. The summed E-state index contributed by atoms with van der Waals surface area (Å²) in [6.07, 6.45) is 5.01. The predicted molar refractivity (Wildman–Crippen MR) is 72.9 cm³/mol. The van der Waals surface area contributed by atoms with Crippen molar-refractivity contribution in [2.45, 2.75) is 57.3 Å². The summed E-state index contributed by atoms with van der Waals surface area (Å²) in [5.41, 5.74) is 2.54. The lowest BCUT2D eigenvalue weighted by Gasteiger charge is -2.22. The summed E-state index contributed by atoms with van der Waals surface area (Å²) in [6, 6.07) is 2.24. The zero-order valence-electron chi connectivity index (χ0n) is 11.4. The van der Waals surface area contributed by atoms with Crippen molar-refractivity contribution in [3.05, 3.63) is 23.3 Å². The Hall–Kier alpha value is -0.960. The van der Waals surface area contributed by atoms with E-state index in [4.69, 9.17) is 9.97 Å². The molecule has 2 heterocycles. The molecule has 1 aliphatic carbocycles. The summed E-state index contributed by atoms with van der Waals surface area (Å²) in [4.78, 5) is 9.69. The van der Waals surface area contributed by atoms with Crippen LogP contribution in [0.1, 0.15) is 74.5 Å². The minimum Gasteiger partial charge on any atom is -0.317 e. The Morgan fingerprint density at radius 1 is 1.06 bits per heavy atom. The van der Waals surface area contributed by atoms with Crippen LogP contribution in [0.5, 0.6) is 0 Å². The Morgan fingerprint density at radius 3 is 2.39 bits per heavy atom. The first-order valence-electron chi connectivity index (χ1n) is 7.33. The number of nitrogens with zero attached hydrogens (tertiary/aromatic N) is 2. The second-order valence-corrected chi connectivity index (χ2v) is 6.03. The van der Waals surface area contributed by atoms with Crippen LogP contribution in [0.15, 0.2) is 6.07 Å². The van der Waals surface area contributed by atoms with Crippen LogP contribution in [0, 0.1) is 0 Å². The molecular formula is C15H23N3. The zero-order chi connectivity index (χ0) is 12.5. The lowest BCUT2D eigenvalue weighted by atomic mass is 9.96. The van der Waals surface area contributed by atoms with Gasteiger partial charge in [0.2, 0.25) is 0 Å². The van der Waals surface area contributed by atoms with Crippen molar-refractivity contribution in [3.8, 4) is 0 Å². The van der Waals surface area contributed by atoms with Crippen LogP contribution in [0.3, 0.4) is 0 Å². The van der Waals surface area contributed by atoms with Crippen molar-refractivity contribution in [2.24, 2.45) is 0 Å². The molecule has 18 heavy (non-hydrogen) atoms. The molecule has 0 spiro atoms. The Balaban J connectivity index is 1.91. The number of hydrogen-bond acceptors (Lipinski definition) is 3. The van der Waals surface area contributed by atoms with Gasteiger partial charge < -0.3 is 5.32 Å². The number of rotatable bonds is 3. The molecule has 1 saturated carbocycles. The molecule has 1 aromatic heterocycles. The van der Waals surface area contributed by atoms with Gasteiger partial charge in [-0.1, -0.05) is 13.8 Å². The third kappa shape index (κ3) is 2.56. The van der Waals surface area contributed by atoms with Gasteiger partial charge >= 0.3 is 0 Å². The molecule has 3 rings (SSSR count). The van der Waals surface area contributed by atoms with Crippen LogP contribution in [-0.4, -0.2) is 23.1 Å². The summed E-state index contributed by atoms with van der Waals surface area (Å²) in [7, 11) is 0. The first-order chi connectivity index (χ1) is 8.74. The predicted octanol–water partition coefficient (Wildman–Crippen LogP) is 2.94. The summed E-state index contributed by atoms with van der Waals surface area (Å²) < 4.78 is 0. The topological polar surface area (TPSA) is 37.8 Å². The van der Waals surface area contributed by atoms with Gasteiger partial charge in [-0.15, -0.1) is 0 Å². The van der Waals surface area contributed by atoms with Gasteiger partial charge in [0.1, 0.15) is 5.82 Å². The molecule has 0 atom stereocenters. The minimum absolute atomic E-state index is 0.506. The molecular weight excluding hydrogens is 222 g/mol. The largest absolute Gasteiger partial charge is 0.317 e. The summed E-state index contributed by atoms with van der Waals surface area (Å²) >= 11 is 0. The Bertz CT molecular complexity index is 397. The molecule has 0 amide bonds. The van der Waals surface area contributed by atoms with Crippen molar-refractivity contribution in [1.82, 2.24) is 15.3 Å². The second-order valence-electron chi connectivity index (χ2n) is 6.03. The van der Waals surface area contributed by atoms with E-state index in [-0.39, 0.29) is 0 Å². The van der Waals surface area contributed by atoms with Gasteiger partial charge in [0.15, 0.2) is 0 Å².